The average molecular weight is 599 g/mol. The third-order valence-electron chi connectivity index (χ3n) is 5.71. The molecular formula is C23H42N12O5S. The highest BCUT2D eigenvalue weighted by Crippen LogP contribution is 2.07. The van der Waals surface area contributed by atoms with Crippen LogP contribution in [0.3, 0.4) is 0 Å². The summed E-state index contributed by atoms with van der Waals surface area (Å²) in [5.74, 6) is -2.88. The van der Waals surface area contributed by atoms with Gasteiger partial charge in [-0.1, -0.05) is 0 Å². The van der Waals surface area contributed by atoms with Crippen molar-refractivity contribution in [3.8, 4) is 0 Å². The molecule has 0 saturated heterocycles. The molecule has 0 aliphatic rings. The number of imidazole rings is 1. The molecule has 0 aliphatic heterocycles. The summed E-state index contributed by atoms with van der Waals surface area (Å²) >= 11 is 1.44. The van der Waals surface area contributed by atoms with E-state index in [4.69, 9.17) is 28.7 Å². The number of aromatic nitrogens is 2. The zero-order valence-electron chi connectivity index (χ0n) is 23.0. The second-order valence-electron chi connectivity index (χ2n) is 9.09. The lowest BCUT2D eigenvalue weighted by molar-refractivity contribution is -0.142. The summed E-state index contributed by atoms with van der Waals surface area (Å²) in [5, 5.41) is 17.3. The van der Waals surface area contributed by atoms with E-state index in [1.54, 1.807) is 0 Å². The molecule has 0 aliphatic carbocycles. The molecule has 3 amide bonds. The second-order valence-corrected chi connectivity index (χ2v) is 10.1. The first kappa shape index (κ1) is 35.0. The van der Waals surface area contributed by atoms with E-state index in [-0.39, 0.29) is 50.7 Å². The molecule has 0 aromatic carbocycles. The van der Waals surface area contributed by atoms with Crippen molar-refractivity contribution in [1.29, 1.82) is 0 Å². The van der Waals surface area contributed by atoms with Crippen LogP contribution >= 0.6 is 11.8 Å². The Kier molecular flexibility index (Phi) is 16.3. The molecule has 0 saturated carbocycles. The number of hydrogen-bond donors (Lipinski definition) is 10. The van der Waals surface area contributed by atoms with Gasteiger partial charge in [-0.2, -0.15) is 11.8 Å². The van der Waals surface area contributed by atoms with Crippen LogP contribution in [0.1, 0.15) is 37.8 Å². The quantitative estimate of drug-likeness (QED) is 0.0400. The Morgan fingerprint density at radius 1 is 0.902 bits per heavy atom. The number of carboxylic acid groups (broad SMARTS) is 1. The minimum Gasteiger partial charge on any atom is -0.480 e. The molecule has 1 rings (SSSR count). The molecule has 0 radical (unpaired) electrons. The smallest absolute Gasteiger partial charge is 0.326 e. The number of nitrogens with zero attached hydrogens (tertiary/aromatic N) is 3. The van der Waals surface area contributed by atoms with Crippen LogP contribution in [0.25, 0.3) is 0 Å². The summed E-state index contributed by atoms with van der Waals surface area (Å²) in [4.78, 5) is 65.4. The SMILES string of the molecule is CSCCC(NC(=O)C(CCCN=C(N)N)NC(=O)C(N)Cc1cnc[nH]1)C(=O)NC(CCCN=C(N)N)C(=O)O. The number of aliphatic carboxylic acids is 1. The van der Waals surface area contributed by atoms with Crippen molar-refractivity contribution in [3.05, 3.63) is 18.2 Å². The van der Waals surface area contributed by atoms with Gasteiger partial charge >= 0.3 is 5.97 Å². The van der Waals surface area contributed by atoms with E-state index in [9.17, 15) is 24.3 Å². The van der Waals surface area contributed by atoms with Crippen LogP contribution in [0.4, 0.5) is 0 Å². The molecular weight excluding hydrogens is 556 g/mol. The fourth-order valence-corrected chi connectivity index (χ4v) is 4.06. The van der Waals surface area contributed by atoms with Gasteiger partial charge in [-0.3, -0.25) is 24.4 Å². The summed E-state index contributed by atoms with van der Waals surface area (Å²) in [6.45, 7) is 0.400. The summed E-state index contributed by atoms with van der Waals surface area (Å²) in [5.41, 5.74) is 27.9. The largest absolute Gasteiger partial charge is 0.480 e. The van der Waals surface area contributed by atoms with Gasteiger partial charge in [-0.15, -0.1) is 0 Å². The molecule has 1 aromatic rings. The van der Waals surface area contributed by atoms with Crippen molar-refractivity contribution in [2.75, 3.05) is 25.1 Å². The molecule has 17 nitrogen and oxygen atoms in total. The number of guanidine groups is 2. The number of H-pyrrole nitrogens is 1. The van der Waals surface area contributed by atoms with Crippen molar-refractivity contribution in [2.45, 2.75) is 62.7 Å². The number of aromatic amines is 1. The van der Waals surface area contributed by atoms with Crippen molar-refractivity contribution < 1.29 is 24.3 Å². The lowest BCUT2D eigenvalue weighted by atomic mass is 10.1. The van der Waals surface area contributed by atoms with E-state index in [0.717, 1.165) is 0 Å². The van der Waals surface area contributed by atoms with E-state index < -0.39 is 47.9 Å². The Balaban J connectivity index is 2.97. The zero-order valence-corrected chi connectivity index (χ0v) is 23.9. The number of aliphatic imine (C=N–C) groups is 2. The number of carbonyl (C=O) groups is 4. The normalized spacial score (nSPS) is 13.6. The van der Waals surface area contributed by atoms with Crippen molar-refractivity contribution in [3.63, 3.8) is 0 Å². The molecule has 0 bridgehead atoms. The molecule has 41 heavy (non-hydrogen) atoms. The monoisotopic (exact) mass is 598 g/mol. The number of nitrogens with one attached hydrogen (secondary N) is 4. The maximum Gasteiger partial charge on any atom is 0.326 e. The lowest BCUT2D eigenvalue weighted by Crippen LogP contribution is -2.57. The van der Waals surface area contributed by atoms with E-state index in [0.29, 0.717) is 24.3 Å². The van der Waals surface area contributed by atoms with E-state index in [2.05, 4.69) is 35.9 Å². The van der Waals surface area contributed by atoms with E-state index in [1.165, 1.54) is 24.3 Å². The van der Waals surface area contributed by atoms with Gasteiger partial charge in [0, 0.05) is 31.4 Å². The molecule has 0 spiro atoms. The van der Waals surface area contributed by atoms with Gasteiger partial charge in [0.05, 0.1) is 12.4 Å². The number of carboxylic acids is 1. The predicted octanol–water partition coefficient (Wildman–Crippen LogP) is -3.32. The first-order chi connectivity index (χ1) is 19.4. The molecule has 4 unspecified atom stereocenters. The van der Waals surface area contributed by atoms with Crippen molar-refractivity contribution in [2.24, 2.45) is 38.7 Å². The molecule has 4 atom stereocenters. The number of carbonyl (C=O) groups excluding carboxylic acids is 3. The minimum atomic E-state index is -1.24. The number of nitrogens with two attached hydrogens (primary N) is 5. The van der Waals surface area contributed by atoms with Gasteiger partial charge in [-0.25, -0.2) is 9.78 Å². The van der Waals surface area contributed by atoms with E-state index >= 15 is 0 Å². The van der Waals surface area contributed by atoms with Gasteiger partial charge in [0.15, 0.2) is 11.9 Å². The number of amides is 3. The Morgan fingerprint density at radius 3 is 1.90 bits per heavy atom. The standard InChI is InChI=1S/C23H42N12O5S/c1-41-9-6-16(20(38)35-17(21(39)40)5-3-8-31-23(27)28)34-19(37)15(4-2-7-30-22(25)26)33-18(36)14(24)10-13-11-29-12-32-13/h11-12,14-17H,2-10,24H2,1H3,(H,29,32)(H,33,36)(H,34,37)(H,35,38)(H,39,40)(H4,25,26,30)(H4,27,28,31). The van der Waals surface area contributed by atoms with Gasteiger partial charge in [0.1, 0.15) is 18.1 Å². The Bertz CT molecular complexity index is 1030. The second kappa shape index (κ2) is 19.1. The Morgan fingerprint density at radius 2 is 1.41 bits per heavy atom. The van der Waals surface area contributed by atoms with Crippen LogP contribution in [-0.2, 0) is 25.6 Å². The van der Waals surface area contributed by atoms with Crippen molar-refractivity contribution in [1.82, 2.24) is 25.9 Å². The lowest BCUT2D eigenvalue weighted by Gasteiger charge is -2.25. The van der Waals surface area contributed by atoms with Gasteiger partial charge in [0.25, 0.3) is 0 Å². The molecule has 230 valence electrons. The molecule has 1 aromatic heterocycles. The average Bonchev–Trinajstić information content (AvgIpc) is 3.42. The summed E-state index contributed by atoms with van der Waals surface area (Å²) < 4.78 is 0. The predicted molar refractivity (Wildman–Crippen MR) is 157 cm³/mol. The highest BCUT2D eigenvalue weighted by Gasteiger charge is 2.30. The maximum atomic E-state index is 13.3. The summed E-state index contributed by atoms with van der Waals surface area (Å²) in [6.07, 6.45) is 6.05. The Labute approximate surface area is 242 Å². The van der Waals surface area contributed by atoms with Crippen LogP contribution in [-0.4, -0.2) is 99.9 Å². The third-order valence-corrected chi connectivity index (χ3v) is 6.36. The molecule has 1 heterocycles. The topological polar surface area (TPSA) is 308 Å². The van der Waals surface area contributed by atoms with Crippen LogP contribution in [0.15, 0.2) is 22.5 Å². The Hall–Kier alpha value is -4.06. The first-order valence-electron chi connectivity index (χ1n) is 12.9. The zero-order chi connectivity index (χ0) is 30.8. The molecule has 0 fully saturated rings. The van der Waals surface area contributed by atoms with Crippen LogP contribution in [0.2, 0.25) is 0 Å². The molecule has 15 N–H and O–H groups in total. The van der Waals surface area contributed by atoms with Crippen LogP contribution in [0, 0.1) is 0 Å². The number of rotatable bonds is 20. The highest BCUT2D eigenvalue weighted by atomic mass is 32.2. The van der Waals surface area contributed by atoms with Gasteiger partial charge in [-0.05, 0) is 44.1 Å². The summed E-state index contributed by atoms with van der Waals surface area (Å²) in [7, 11) is 0. The first-order valence-corrected chi connectivity index (χ1v) is 14.3. The fourth-order valence-electron chi connectivity index (χ4n) is 3.59. The van der Waals surface area contributed by atoms with Crippen LogP contribution < -0.4 is 44.6 Å². The highest BCUT2D eigenvalue weighted by molar-refractivity contribution is 7.98. The maximum absolute atomic E-state index is 13.3. The fraction of sp³-hybridized carbons (Fsp3) is 0.609. The number of thioether (sulfide) groups is 1. The minimum absolute atomic E-state index is 0.0682. The molecule has 18 heteroatoms. The van der Waals surface area contributed by atoms with Crippen LogP contribution in [0.5, 0.6) is 0 Å². The van der Waals surface area contributed by atoms with Gasteiger partial charge in [0.2, 0.25) is 17.7 Å². The summed E-state index contributed by atoms with van der Waals surface area (Å²) in [6, 6.07) is -4.33. The number of hydrogen-bond acceptors (Lipinski definition) is 9. The van der Waals surface area contributed by atoms with Crippen molar-refractivity contribution >= 4 is 47.4 Å². The van der Waals surface area contributed by atoms with E-state index in [1.807, 2.05) is 6.26 Å². The van der Waals surface area contributed by atoms with Gasteiger partial charge < -0.3 is 54.7 Å². The third kappa shape index (κ3) is 14.8.